The van der Waals surface area contributed by atoms with Crippen LogP contribution in [0.15, 0.2) is 29.0 Å². The highest BCUT2D eigenvalue weighted by molar-refractivity contribution is 9.10. The minimum absolute atomic E-state index is 0.126. The summed E-state index contributed by atoms with van der Waals surface area (Å²) in [5.41, 5.74) is 9.65. The Morgan fingerprint density at radius 3 is 2.65 bits per heavy atom. The Morgan fingerprint density at radius 1 is 1.35 bits per heavy atom. The number of nitrogens with two attached hydrogens (primary N) is 1. The lowest BCUT2D eigenvalue weighted by Crippen LogP contribution is -2.15. The highest BCUT2D eigenvalue weighted by atomic mass is 79.9. The minimum atomic E-state index is 0.126. The van der Waals surface area contributed by atoms with E-state index in [1.807, 2.05) is 0 Å². The van der Waals surface area contributed by atoms with Crippen LogP contribution in [0.4, 0.5) is 0 Å². The van der Waals surface area contributed by atoms with Crippen molar-refractivity contribution < 1.29 is 0 Å². The van der Waals surface area contributed by atoms with Gasteiger partial charge in [0.2, 0.25) is 0 Å². The van der Waals surface area contributed by atoms with Crippen molar-refractivity contribution in [2.75, 3.05) is 6.54 Å². The van der Waals surface area contributed by atoms with Gasteiger partial charge in [0, 0.05) is 6.54 Å². The van der Waals surface area contributed by atoms with Crippen LogP contribution in [0.2, 0.25) is 0 Å². The Labute approximate surface area is 110 Å². The topological polar surface area (TPSA) is 54.7 Å². The molecular formula is C13H16BrN3. The van der Waals surface area contributed by atoms with Crippen LogP contribution >= 0.6 is 15.9 Å². The molecule has 0 spiro atoms. The number of aromatic nitrogens is 2. The van der Waals surface area contributed by atoms with Gasteiger partial charge in [-0.05, 0) is 46.5 Å². The summed E-state index contributed by atoms with van der Waals surface area (Å²) in [4.78, 5) is 7.52. The van der Waals surface area contributed by atoms with Gasteiger partial charge in [-0.1, -0.05) is 18.2 Å². The predicted molar refractivity (Wildman–Crippen MR) is 73.1 cm³/mol. The first-order valence-electron chi connectivity index (χ1n) is 5.59. The first-order chi connectivity index (χ1) is 8.11. The Hall–Kier alpha value is -1.13. The maximum atomic E-state index is 5.86. The van der Waals surface area contributed by atoms with Crippen LogP contribution in [0.25, 0.3) is 0 Å². The molecule has 0 bridgehead atoms. The summed E-state index contributed by atoms with van der Waals surface area (Å²) in [7, 11) is 0. The second kappa shape index (κ2) is 5.02. The molecule has 1 unspecified atom stereocenters. The molecule has 0 aliphatic rings. The van der Waals surface area contributed by atoms with Crippen molar-refractivity contribution in [1.82, 2.24) is 9.97 Å². The maximum Gasteiger partial charge on any atom is 0.115 e. The lowest BCUT2D eigenvalue weighted by molar-refractivity contribution is 0.763. The molecule has 0 saturated heterocycles. The molecule has 0 aliphatic carbocycles. The van der Waals surface area contributed by atoms with E-state index in [0.29, 0.717) is 6.54 Å². The van der Waals surface area contributed by atoms with Crippen molar-refractivity contribution in [2.24, 2.45) is 5.73 Å². The Balaban J connectivity index is 2.38. The molecule has 3 N–H and O–H groups in total. The second-order valence-corrected chi connectivity index (χ2v) is 5.10. The van der Waals surface area contributed by atoms with Crippen molar-refractivity contribution in [3.05, 3.63) is 51.5 Å². The second-order valence-electron chi connectivity index (χ2n) is 4.25. The van der Waals surface area contributed by atoms with Gasteiger partial charge < -0.3 is 10.7 Å². The van der Waals surface area contributed by atoms with E-state index in [-0.39, 0.29) is 5.92 Å². The summed E-state index contributed by atoms with van der Waals surface area (Å²) >= 11 is 3.37. The molecule has 0 radical (unpaired) electrons. The number of nitrogens with one attached hydrogen (secondary N) is 1. The van der Waals surface area contributed by atoms with Crippen molar-refractivity contribution in [3.8, 4) is 0 Å². The number of rotatable bonds is 3. The molecule has 0 saturated carbocycles. The SMILES string of the molecule is Cc1ccc(C(CN)c2ncc(Br)[nH]2)cc1C. The molecule has 1 atom stereocenters. The van der Waals surface area contributed by atoms with Crippen LogP contribution < -0.4 is 5.73 Å². The van der Waals surface area contributed by atoms with E-state index in [0.717, 1.165) is 10.4 Å². The quantitative estimate of drug-likeness (QED) is 0.914. The summed E-state index contributed by atoms with van der Waals surface area (Å²) < 4.78 is 0.884. The Bertz CT molecular complexity index is 519. The number of imidazole rings is 1. The molecule has 3 nitrogen and oxygen atoms in total. The number of H-pyrrole nitrogens is 1. The van der Waals surface area contributed by atoms with Gasteiger partial charge in [-0.2, -0.15) is 0 Å². The smallest absolute Gasteiger partial charge is 0.115 e. The van der Waals surface area contributed by atoms with Crippen LogP contribution in [0.1, 0.15) is 28.4 Å². The maximum absolute atomic E-state index is 5.86. The molecule has 0 amide bonds. The van der Waals surface area contributed by atoms with Gasteiger partial charge in [-0.25, -0.2) is 4.98 Å². The summed E-state index contributed by atoms with van der Waals surface area (Å²) in [5, 5.41) is 0. The molecule has 2 aromatic rings. The fourth-order valence-corrected chi connectivity index (χ4v) is 2.18. The fraction of sp³-hybridized carbons (Fsp3) is 0.308. The molecule has 2 rings (SSSR count). The third kappa shape index (κ3) is 2.58. The zero-order valence-electron chi connectivity index (χ0n) is 10.00. The third-order valence-electron chi connectivity index (χ3n) is 3.06. The van der Waals surface area contributed by atoms with Gasteiger partial charge in [-0.3, -0.25) is 0 Å². The summed E-state index contributed by atoms with van der Waals surface area (Å²) in [6.45, 7) is 4.77. The van der Waals surface area contributed by atoms with E-state index in [9.17, 15) is 0 Å². The average molecular weight is 294 g/mol. The first kappa shape index (κ1) is 12.3. The zero-order chi connectivity index (χ0) is 12.4. The van der Waals surface area contributed by atoms with Crippen LogP contribution in [-0.2, 0) is 0 Å². The van der Waals surface area contributed by atoms with Crippen LogP contribution in [0, 0.1) is 13.8 Å². The average Bonchev–Trinajstić information content (AvgIpc) is 2.71. The van der Waals surface area contributed by atoms with Gasteiger partial charge >= 0.3 is 0 Å². The van der Waals surface area contributed by atoms with Crippen molar-refractivity contribution in [2.45, 2.75) is 19.8 Å². The van der Waals surface area contributed by atoms with Crippen molar-refractivity contribution in [3.63, 3.8) is 0 Å². The normalized spacial score (nSPS) is 12.7. The van der Waals surface area contributed by atoms with Gasteiger partial charge in [0.15, 0.2) is 0 Å². The molecule has 4 heteroatoms. The zero-order valence-corrected chi connectivity index (χ0v) is 11.6. The van der Waals surface area contributed by atoms with E-state index < -0.39 is 0 Å². The number of hydrogen-bond acceptors (Lipinski definition) is 2. The molecule has 17 heavy (non-hydrogen) atoms. The van der Waals surface area contributed by atoms with Gasteiger partial charge in [0.25, 0.3) is 0 Å². The fourth-order valence-electron chi connectivity index (χ4n) is 1.88. The number of hydrogen-bond donors (Lipinski definition) is 2. The number of nitrogens with zero attached hydrogens (tertiary/aromatic N) is 1. The number of halogens is 1. The molecule has 0 aliphatic heterocycles. The first-order valence-corrected chi connectivity index (χ1v) is 6.38. The van der Waals surface area contributed by atoms with Crippen molar-refractivity contribution >= 4 is 15.9 Å². The molecular weight excluding hydrogens is 278 g/mol. The van der Waals surface area contributed by atoms with E-state index in [4.69, 9.17) is 5.73 Å². The summed E-state index contributed by atoms with van der Waals surface area (Å²) in [5.74, 6) is 1.03. The van der Waals surface area contributed by atoms with E-state index >= 15 is 0 Å². The highest BCUT2D eigenvalue weighted by Gasteiger charge is 2.16. The number of aromatic amines is 1. The monoisotopic (exact) mass is 293 g/mol. The third-order valence-corrected chi connectivity index (χ3v) is 3.47. The number of benzene rings is 1. The molecule has 0 fully saturated rings. The Morgan fingerprint density at radius 2 is 2.12 bits per heavy atom. The Kier molecular flexibility index (Phi) is 3.64. The van der Waals surface area contributed by atoms with Crippen LogP contribution in [0.5, 0.6) is 0 Å². The highest BCUT2D eigenvalue weighted by Crippen LogP contribution is 2.24. The molecule has 1 aromatic heterocycles. The molecule has 1 heterocycles. The van der Waals surface area contributed by atoms with E-state index in [1.165, 1.54) is 16.7 Å². The standard InChI is InChI=1S/C13H16BrN3/c1-8-3-4-10(5-9(8)2)11(6-15)13-16-7-12(14)17-13/h3-5,7,11H,6,15H2,1-2H3,(H,16,17). The predicted octanol–water partition coefficient (Wildman–Crippen LogP) is 2.88. The lowest BCUT2D eigenvalue weighted by Gasteiger charge is -2.14. The minimum Gasteiger partial charge on any atom is -0.336 e. The molecule has 90 valence electrons. The lowest BCUT2D eigenvalue weighted by atomic mass is 9.95. The summed E-state index contributed by atoms with van der Waals surface area (Å²) in [6, 6.07) is 6.44. The largest absolute Gasteiger partial charge is 0.336 e. The number of aryl methyl sites for hydroxylation is 2. The van der Waals surface area contributed by atoms with E-state index in [2.05, 4.69) is 57.9 Å². The van der Waals surface area contributed by atoms with Crippen molar-refractivity contribution in [1.29, 1.82) is 0 Å². The van der Waals surface area contributed by atoms with Gasteiger partial charge in [0.05, 0.1) is 12.1 Å². The van der Waals surface area contributed by atoms with Gasteiger partial charge in [-0.15, -0.1) is 0 Å². The molecule has 1 aromatic carbocycles. The van der Waals surface area contributed by atoms with Gasteiger partial charge in [0.1, 0.15) is 10.4 Å². The summed E-state index contributed by atoms with van der Waals surface area (Å²) in [6.07, 6.45) is 1.76. The van der Waals surface area contributed by atoms with Crippen LogP contribution in [0.3, 0.4) is 0 Å². The van der Waals surface area contributed by atoms with E-state index in [1.54, 1.807) is 6.20 Å². The van der Waals surface area contributed by atoms with Crippen LogP contribution in [-0.4, -0.2) is 16.5 Å².